The van der Waals surface area contributed by atoms with E-state index in [-0.39, 0.29) is 32.6 Å². The molecule has 3 aromatic carbocycles. The van der Waals surface area contributed by atoms with E-state index in [2.05, 4.69) is 14.9 Å². The zero-order valence-corrected chi connectivity index (χ0v) is 17.5. The SMILES string of the molecule is CC(=O)/C=C(/C)O.O=S1(=O)N=c2c(c3ccccc3c3ccc[c-]c23)=N1.[Pt]. The van der Waals surface area contributed by atoms with Gasteiger partial charge >= 0.3 is 10.2 Å². The van der Waals surface area contributed by atoms with Crippen LogP contribution >= 0.6 is 0 Å². The minimum atomic E-state index is -3.76. The van der Waals surface area contributed by atoms with Crippen LogP contribution in [0.5, 0.6) is 0 Å². The molecule has 0 radical (unpaired) electrons. The van der Waals surface area contributed by atoms with Gasteiger partial charge in [0.15, 0.2) is 5.78 Å². The first kappa shape index (κ1) is 20.9. The van der Waals surface area contributed by atoms with Crippen LogP contribution in [0, 0.1) is 6.07 Å². The van der Waals surface area contributed by atoms with Crippen LogP contribution in [-0.2, 0) is 36.1 Å². The number of fused-ring (bicyclic) bond motifs is 6. The Morgan fingerprint density at radius 3 is 2.19 bits per heavy atom. The summed E-state index contributed by atoms with van der Waals surface area (Å²) < 4.78 is 30.7. The third-order valence-corrected chi connectivity index (χ3v) is 4.44. The smallest absolute Gasteiger partial charge is 0.354 e. The van der Waals surface area contributed by atoms with Crippen molar-refractivity contribution < 1.29 is 39.4 Å². The van der Waals surface area contributed by atoms with Crippen molar-refractivity contribution in [2.24, 2.45) is 8.80 Å². The fourth-order valence-electron chi connectivity index (χ4n) is 2.75. The van der Waals surface area contributed by atoms with Gasteiger partial charge in [-0.3, -0.25) is 4.79 Å². The summed E-state index contributed by atoms with van der Waals surface area (Å²) in [7, 11) is -3.76. The van der Waals surface area contributed by atoms with Crippen molar-refractivity contribution in [3.05, 3.63) is 71.1 Å². The van der Waals surface area contributed by atoms with Gasteiger partial charge < -0.3 is 5.11 Å². The van der Waals surface area contributed by atoms with Crippen LogP contribution in [-0.4, -0.2) is 19.3 Å². The van der Waals surface area contributed by atoms with E-state index < -0.39 is 10.2 Å². The number of allylic oxidation sites excluding steroid dienone is 2. The van der Waals surface area contributed by atoms with Crippen LogP contribution < -0.4 is 10.7 Å². The van der Waals surface area contributed by atoms with E-state index in [1.54, 1.807) is 6.07 Å². The molecule has 0 spiro atoms. The largest absolute Gasteiger partial charge is 0.512 e. The maximum Gasteiger partial charge on any atom is 0.354 e. The Morgan fingerprint density at radius 2 is 1.59 bits per heavy atom. The van der Waals surface area contributed by atoms with Crippen LogP contribution in [0.1, 0.15) is 13.8 Å². The van der Waals surface area contributed by atoms with Crippen LogP contribution in [0.4, 0.5) is 0 Å². The number of carbonyl (C=O) groups is 1. The summed E-state index contributed by atoms with van der Waals surface area (Å²) in [5.41, 5.74) is 0. The Morgan fingerprint density at radius 1 is 1.00 bits per heavy atom. The minimum Gasteiger partial charge on any atom is -0.512 e. The van der Waals surface area contributed by atoms with Gasteiger partial charge in [-0.05, 0) is 19.2 Å². The summed E-state index contributed by atoms with van der Waals surface area (Å²) in [5, 5.41) is 12.6. The second kappa shape index (κ2) is 8.11. The van der Waals surface area contributed by atoms with Crippen LogP contribution in [0.15, 0.2) is 63.1 Å². The molecule has 0 atom stereocenters. The fraction of sp³-hybridized carbons (Fsp3) is 0.105. The van der Waals surface area contributed by atoms with Crippen molar-refractivity contribution in [2.75, 3.05) is 0 Å². The van der Waals surface area contributed by atoms with Crippen molar-refractivity contribution in [2.45, 2.75) is 13.8 Å². The summed E-state index contributed by atoms with van der Waals surface area (Å²) in [6, 6.07) is 16.2. The molecule has 27 heavy (non-hydrogen) atoms. The molecular formula is C19H15N2O4PtS-. The van der Waals surface area contributed by atoms with E-state index in [4.69, 9.17) is 5.11 Å². The zero-order chi connectivity index (χ0) is 18.9. The average Bonchev–Trinajstić information content (AvgIpc) is 2.90. The number of nitrogens with zero attached hydrogens (tertiary/aromatic N) is 2. The van der Waals surface area contributed by atoms with E-state index in [1.807, 2.05) is 36.4 Å². The number of hydrogen-bond donors (Lipinski definition) is 1. The molecule has 0 bridgehead atoms. The van der Waals surface area contributed by atoms with Gasteiger partial charge in [-0.15, -0.1) is 29.7 Å². The molecule has 142 valence electrons. The van der Waals surface area contributed by atoms with Crippen LogP contribution in [0.2, 0.25) is 0 Å². The van der Waals surface area contributed by atoms with Gasteiger partial charge in [-0.25, -0.2) is 0 Å². The predicted octanol–water partition coefficient (Wildman–Crippen LogP) is 2.33. The van der Waals surface area contributed by atoms with Crippen LogP contribution in [0.3, 0.4) is 0 Å². The quantitative estimate of drug-likeness (QED) is 0.213. The monoisotopic (exact) mass is 562 g/mol. The Hall–Kier alpha value is -2.37. The van der Waals surface area contributed by atoms with Crippen molar-refractivity contribution >= 4 is 37.5 Å². The summed E-state index contributed by atoms with van der Waals surface area (Å²) in [6.45, 7) is 2.85. The Bertz CT molecular complexity index is 1210. The number of benzene rings is 3. The summed E-state index contributed by atoms with van der Waals surface area (Å²) in [6.07, 6.45) is 1.17. The minimum absolute atomic E-state index is 0. The number of rotatable bonds is 1. The van der Waals surface area contributed by atoms with E-state index >= 15 is 0 Å². The molecule has 0 fully saturated rings. The normalized spacial score (nSPS) is 14.2. The van der Waals surface area contributed by atoms with Gasteiger partial charge in [-0.2, -0.15) is 17.2 Å². The van der Waals surface area contributed by atoms with Crippen molar-refractivity contribution in [1.29, 1.82) is 0 Å². The first-order valence-electron chi connectivity index (χ1n) is 7.72. The molecule has 6 nitrogen and oxygen atoms in total. The van der Waals surface area contributed by atoms with Gasteiger partial charge in [-0.1, -0.05) is 35.0 Å². The molecule has 1 aliphatic rings. The van der Waals surface area contributed by atoms with Gasteiger partial charge in [0.05, 0.1) is 11.1 Å². The van der Waals surface area contributed by atoms with Gasteiger partial charge in [0.25, 0.3) is 0 Å². The van der Waals surface area contributed by atoms with E-state index in [1.165, 1.54) is 19.9 Å². The average molecular weight is 562 g/mol. The summed E-state index contributed by atoms with van der Waals surface area (Å²) in [5.74, 6) is -0.0625. The van der Waals surface area contributed by atoms with E-state index in [9.17, 15) is 13.2 Å². The van der Waals surface area contributed by atoms with E-state index in [0.717, 1.165) is 16.2 Å². The molecule has 0 saturated heterocycles. The molecule has 8 heteroatoms. The third-order valence-electron chi connectivity index (χ3n) is 3.62. The topological polar surface area (TPSA) is 96.2 Å². The number of aliphatic hydroxyl groups is 1. The summed E-state index contributed by atoms with van der Waals surface area (Å²) >= 11 is 0. The molecule has 1 aliphatic heterocycles. The second-order valence-corrected chi connectivity index (χ2v) is 6.99. The molecule has 1 N–H and O–H groups in total. The Labute approximate surface area is 170 Å². The number of aliphatic hydroxyl groups excluding tert-OH is 1. The molecule has 0 saturated carbocycles. The zero-order valence-electron chi connectivity index (χ0n) is 14.4. The number of hydrogen-bond acceptors (Lipinski definition) is 4. The molecule has 0 amide bonds. The number of ketones is 1. The Balaban J connectivity index is 0.000000285. The van der Waals surface area contributed by atoms with E-state index in [0.29, 0.717) is 16.1 Å². The fourth-order valence-corrected chi connectivity index (χ4v) is 3.62. The van der Waals surface area contributed by atoms with Crippen molar-refractivity contribution in [3.63, 3.8) is 0 Å². The Kier molecular flexibility index (Phi) is 6.29. The first-order valence-corrected chi connectivity index (χ1v) is 9.12. The molecule has 1 heterocycles. The molecule has 0 unspecified atom stereocenters. The molecular weight excluding hydrogens is 547 g/mol. The third kappa shape index (κ3) is 4.49. The number of carbonyl (C=O) groups excluding carboxylic acids is 1. The maximum absolute atomic E-state index is 11.6. The van der Waals surface area contributed by atoms with Gasteiger partial charge in [0, 0.05) is 32.5 Å². The summed E-state index contributed by atoms with van der Waals surface area (Å²) in [4.78, 5) is 10.0. The predicted molar refractivity (Wildman–Crippen MR) is 98.6 cm³/mol. The molecule has 3 aromatic rings. The van der Waals surface area contributed by atoms with Crippen LogP contribution in [0.25, 0.3) is 21.5 Å². The molecule has 4 rings (SSSR count). The van der Waals surface area contributed by atoms with Gasteiger partial charge in [0.1, 0.15) is 0 Å². The molecule has 0 aliphatic carbocycles. The second-order valence-electron chi connectivity index (χ2n) is 5.73. The van der Waals surface area contributed by atoms with Crippen molar-refractivity contribution in [3.8, 4) is 0 Å². The van der Waals surface area contributed by atoms with Gasteiger partial charge in [0.2, 0.25) is 0 Å². The standard InChI is InChI=1S/C14H7N2O2S.C5H8O2.Pt/c17-19(18)15-13-11-7-3-1-5-9(11)10-6-2-4-8-12(10)14(13)16-19;1-4(6)3-5(2)7;/h1-7H;3,6H,1-2H3;/q-1;;/b;4-3-;. The maximum atomic E-state index is 11.6. The molecule has 0 aromatic heterocycles. The first-order chi connectivity index (χ1) is 12.3. The van der Waals surface area contributed by atoms with Crippen molar-refractivity contribution in [1.82, 2.24) is 0 Å².